The first-order valence-electron chi connectivity index (χ1n) is 9.23. The Kier molecular flexibility index (Phi) is 6.59. The Morgan fingerprint density at radius 3 is 2.76 bits per heavy atom. The number of carbonyl (C=O) groups excluding carboxylic acids is 2. The second kappa shape index (κ2) is 8.48. The van der Waals surface area contributed by atoms with Crippen molar-refractivity contribution in [3.8, 4) is 0 Å². The average molecular weight is 345 g/mol. The Bertz CT molecular complexity index is 611. The van der Waals surface area contributed by atoms with Gasteiger partial charge >= 0.3 is 0 Å². The van der Waals surface area contributed by atoms with Gasteiger partial charge in [0.2, 0.25) is 11.8 Å². The molecule has 2 rings (SSSR count). The highest BCUT2D eigenvalue weighted by molar-refractivity contribution is 5.90. The smallest absolute Gasteiger partial charge is 0.225 e. The van der Waals surface area contributed by atoms with Crippen molar-refractivity contribution in [2.24, 2.45) is 17.6 Å². The van der Waals surface area contributed by atoms with Crippen LogP contribution in [-0.2, 0) is 16.1 Å². The molecule has 1 aliphatic carbocycles. The van der Waals surface area contributed by atoms with Crippen molar-refractivity contribution in [3.63, 3.8) is 0 Å². The molecule has 0 aromatic heterocycles. The lowest BCUT2D eigenvalue weighted by molar-refractivity contribution is -0.128. The van der Waals surface area contributed by atoms with E-state index in [4.69, 9.17) is 5.73 Å². The summed E-state index contributed by atoms with van der Waals surface area (Å²) in [5, 5.41) is 5.91. The van der Waals surface area contributed by atoms with Gasteiger partial charge in [-0.1, -0.05) is 38.8 Å². The Hall–Kier alpha value is -1.88. The van der Waals surface area contributed by atoms with E-state index in [-0.39, 0.29) is 17.7 Å². The third-order valence-electron chi connectivity index (χ3n) is 4.84. The van der Waals surface area contributed by atoms with Gasteiger partial charge < -0.3 is 16.4 Å². The van der Waals surface area contributed by atoms with Gasteiger partial charge in [-0.3, -0.25) is 9.59 Å². The zero-order valence-corrected chi connectivity index (χ0v) is 15.6. The maximum Gasteiger partial charge on any atom is 0.225 e. The number of anilines is 1. The topological polar surface area (TPSA) is 84.2 Å². The molecule has 1 aromatic rings. The van der Waals surface area contributed by atoms with E-state index in [1.807, 2.05) is 45.0 Å². The summed E-state index contributed by atoms with van der Waals surface area (Å²) in [6.07, 6.45) is 4.39. The molecule has 1 aromatic carbocycles. The van der Waals surface area contributed by atoms with Crippen molar-refractivity contribution >= 4 is 17.5 Å². The Balaban J connectivity index is 1.91. The minimum absolute atomic E-state index is 0.0114. The quantitative estimate of drug-likeness (QED) is 0.740. The predicted octanol–water partition coefficient (Wildman–Crippen LogP) is 3.20. The molecule has 5 heteroatoms. The highest BCUT2D eigenvalue weighted by Gasteiger charge is 2.37. The monoisotopic (exact) mass is 345 g/mol. The standard InChI is InChI=1S/C20H31N3O2/c1-14(2)11-18(24)23-16-8-6-7-15(12-16)13-22-19(25)17-9-4-5-10-20(17,3)21/h6-8,12,14,17H,4-5,9-11,13,21H2,1-3H3,(H,22,25)(H,23,24). The van der Waals surface area contributed by atoms with Gasteiger partial charge in [0, 0.05) is 24.2 Å². The van der Waals surface area contributed by atoms with Crippen molar-refractivity contribution in [1.82, 2.24) is 5.32 Å². The van der Waals surface area contributed by atoms with E-state index in [1.165, 1.54) is 0 Å². The Labute approximate surface area is 150 Å². The second-order valence-electron chi connectivity index (χ2n) is 7.87. The summed E-state index contributed by atoms with van der Waals surface area (Å²) in [5.41, 5.74) is 7.61. The molecule has 138 valence electrons. The number of amides is 2. The molecule has 0 bridgehead atoms. The van der Waals surface area contributed by atoms with Crippen LogP contribution in [-0.4, -0.2) is 17.4 Å². The summed E-state index contributed by atoms with van der Waals surface area (Å²) >= 11 is 0. The molecule has 25 heavy (non-hydrogen) atoms. The summed E-state index contributed by atoms with van der Waals surface area (Å²) < 4.78 is 0. The molecule has 1 fully saturated rings. The van der Waals surface area contributed by atoms with Crippen molar-refractivity contribution < 1.29 is 9.59 Å². The normalized spacial score (nSPS) is 23.3. The number of rotatable bonds is 6. The minimum Gasteiger partial charge on any atom is -0.352 e. The minimum atomic E-state index is -0.422. The van der Waals surface area contributed by atoms with Crippen LogP contribution in [0.5, 0.6) is 0 Å². The third-order valence-corrected chi connectivity index (χ3v) is 4.84. The van der Waals surface area contributed by atoms with Gasteiger partial charge in [-0.15, -0.1) is 0 Å². The molecule has 2 unspecified atom stereocenters. The van der Waals surface area contributed by atoms with Crippen molar-refractivity contribution in [1.29, 1.82) is 0 Å². The number of nitrogens with two attached hydrogens (primary N) is 1. The molecule has 0 heterocycles. The third kappa shape index (κ3) is 5.85. The van der Waals surface area contributed by atoms with Crippen LogP contribution in [0.1, 0.15) is 58.4 Å². The van der Waals surface area contributed by atoms with Gasteiger partial charge in [-0.2, -0.15) is 0 Å². The summed E-state index contributed by atoms with van der Waals surface area (Å²) in [6, 6.07) is 7.60. The molecule has 0 spiro atoms. The van der Waals surface area contributed by atoms with Crippen LogP contribution >= 0.6 is 0 Å². The van der Waals surface area contributed by atoms with E-state index in [2.05, 4.69) is 10.6 Å². The number of hydrogen-bond acceptors (Lipinski definition) is 3. The summed E-state index contributed by atoms with van der Waals surface area (Å²) in [6.45, 7) is 6.45. The number of hydrogen-bond donors (Lipinski definition) is 3. The molecule has 0 aliphatic heterocycles. The SMILES string of the molecule is CC(C)CC(=O)Nc1cccc(CNC(=O)C2CCCCC2(C)N)c1. The first-order chi connectivity index (χ1) is 11.8. The first-order valence-corrected chi connectivity index (χ1v) is 9.23. The second-order valence-corrected chi connectivity index (χ2v) is 7.87. The van der Waals surface area contributed by atoms with Gasteiger partial charge in [-0.25, -0.2) is 0 Å². The molecule has 2 atom stereocenters. The van der Waals surface area contributed by atoms with Gasteiger partial charge in [0.05, 0.1) is 5.92 Å². The van der Waals surface area contributed by atoms with Crippen LogP contribution in [0.15, 0.2) is 24.3 Å². The zero-order valence-electron chi connectivity index (χ0n) is 15.6. The van der Waals surface area contributed by atoms with Crippen LogP contribution in [0.25, 0.3) is 0 Å². The maximum atomic E-state index is 12.5. The highest BCUT2D eigenvalue weighted by Crippen LogP contribution is 2.31. The molecule has 2 amide bonds. The van der Waals surface area contributed by atoms with Crippen molar-refractivity contribution in [3.05, 3.63) is 29.8 Å². The van der Waals surface area contributed by atoms with Crippen LogP contribution < -0.4 is 16.4 Å². The van der Waals surface area contributed by atoms with Crippen LogP contribution in [0, 0.1) is 11.8 Å². The predicted molar refractivity (Wildman–Crippen MR) is 101 cm³/mol. The lowest BCUT2D eigenvalue weighted by Gasteiger charge is -2.37. The van der Waals surface area contributed by atoms with E-state index < -0.39 is 5.54 Å². The van der Waals surface area contributed by atoms with E-state index in [9.17, 15) is 9.59 Å². The molecule has 5 nitrogen and oxygen atoms in total. The largest absolute Gasteiger partial charge is 0.352 e. The fourth-order valence-corrected chi connectivity index (χ4v) is 3.44. The van der Waals surface area contributed by atoms with Gasteiger partial charge in [0.1, 0.15) is 0 Å². The first kappa shape index (κ1) is 19.4. The van der Waals surface area contributed by atoms with Crippen LogP contribution in [0.3, 0.4) is 0 Å². The molecular weight excluding hydrogens is 314 g/mol. The maximum absolute atomic E-state index is 12.5. The van der Waals surface area contributed by atoms with Gasteiger partial charge in [0.25, 0.3) is 0 Å². The summed E-state index contributed by atoms with van der Waals surface area (Å²) in [5.74, 6) is 0.231. The fourth-order valence-electron chi connectivity index (χ4n) is 3.44. The molecule has 0 saturated heterocycles. The van der Waals surface area contributed by atoms with Gasteiger partial charge in [-0.05, 0) is 43.4 Å². The van der Waals surface area contributed by atoms with E-state index in [1.54, 1.807) is 0 Å². The van der Waals surface area contributed by atoms with E-state index in [0.29, 0.717) is 18.9 Å². The Morgan fingerprint density at radius 1 is 1.32 bits per heavy atom. The lowest BCUT2D eigenvalue weighted by Crippen LogP contribution is -2.52. The van der Waals surface area contributed by atoms with Crippen LogP contribution in [0.2, 0.25) is 0 Å². The number of carbonyl (C=O) groups is 2. The molecule has 1 aliphatic rings. The lowest BCUT2D eigenvalue weighted by atomic mass is 9.74. The summed E-state index contributed by atoms with van der Waals surface area (Å²) in [4.78, 5) is 24.4. The summed E-state index contributed by atoms with van der Waals surface area (Å²) in [7, 11) is 0. The molecule has 1 saturated carbocycles. The fraction of sp³-hybridized carbons (Fsp3) is 0.600. The number of nitrogens with one attached hydrogen (secondary N) is 2. The number of benzene rings is 1. The van der Waals surface area contributed by atoms with Crippen molar-refractivity contribution in [2.75, 3.05) is 5.32 Å². The van der Waals surface area contributed by atoms with E-state index in [0.717, 1.165) is 36.9 Å². The molecule has 0 radical (unpaired) electrons. The van der Waals surface area contributed by atoms with Gasteiger partial charge in [0.15, 0.2) is 0 Å². The molecular formula is C20H31N3O2. The Morgan fingerprint density at radius 2 is 2.08 bits per heavy atom. The van der Waals surface area contributed by atoms with Crippen LogP contribution in [0.4, 0.5) is 5.69 Å². The average Bonchev–Trinajstić information content (AvgIpc) is 2.51. The van der Waals surface area contributed by atoms with Crippen molar-refractivity contribution in [2.45, 2.75) is 65.0 Å². The highest BCUT2D eigenvalue weighted by atomic mass is 16.2. The molecule has 4 N–H and O–H groups in total. The van der Waals surface area contributed by atoms with E-state index >= 15 is 0 Å². The zero-order chi connectivity index (χ0) is 18.4.